The van der Waals surface area contributed by atoms with Gasteiger partial charge in [-0.05, 0) is 79.0 Å². The Balaban J connectivity index is 1.48. The van der Waals surface area contributed by atoms with E-state index >= 15 is 0 Å². The number of aryl methyl sites for hydroxylation is 2. The van der Waals surface area contributed by atoms with Crippen molar-refractivity contribution < 1.29 is 14.4 Å². The highest BCUT2D eigenvalue weighted by Gasteiger charge is 2.28. The second-order valence-electron chi connectivity index (χ2n) is 7.76. The molecule has 0 saturated carbocycles. The Morgan fingerprint density at radius 2 is 1.73 bits per heavy atom. The highest BCUT2D eigenvalue weighted by atomic mass is 32.2. The fourth-order valence-electron chi connectivity index (χ4n) is 4.61. The van der Waals surface area contributed by atoms with Crippen LogP contribution >= 0.6 is 0 Å². The van der Waals surface area contributed by atoms with Gasteiger partial charge in [-0.1, -0.05) is 6.07 Å². The van der Waals surface area contributed by atoms with Crippen LogP contribution in [-0.2, 0) is 36.6 Å². The van der Waals surface area contributed by atoms with Gasteiger partial charge in [-0.2, -0.15) is 0 Å². The van der Waals surface area contributed by atoms with Crippen molar-refractivity contribution in [3.05, 3.63) is 57.6 Å². The maximum atomic E-state index is 12.9. The van der Waals surface area contributed by atoms with E-state index in [1.165, 1.54) is 22.3 Å². The fourth-order valence-corrected chi connectivity index (χ4v) is 5.96. The van der Waals surface area contributed by atoms with E-state index < -0.39 is 16.9 Å². The SMILES string of the molecule is CNC(=O)c1ccc2c(c1)S(=NC(=O)Nc1c3c(cc4c1CCC4)CCC3)NC2=O. The molecule has 3 N–H and O–H groups in total. The Bertz CT molecular complexity index is 1120. The summed E-state index contributed by atoms with van der Waals surface area (Å²) < 4.78 is 7.01. The van der Waals surface area contributed by atoms with Crippen molar-refractivity contribution in [3.63, 3.8) is 0 Å². The smallest absolute Gasteiger partial charge is 0.353 e. The summed E-state index contributed by atoms with van der Waals surface area (Å²) in [4.78, 5) is 37.7. The first-order valence-corrected chi connectivity index (χ1v) is 11.3. The summed E-state index contributed by atoms with van der Waals surface area (Å²) in [6.07, 6.45) is 6.26. The fraction of sp³-hybridized carbons (Fsp3) is 0.318. The van der Waals surface area contributed by atoms with Crippen molar-refractivity contribution in [2.45, 2.75) is 43.4 Å². The van der Waals surface area contributed by atoms with Crippen LogP contribution in [0.15, 0.2) is 33.5 Å². The summed E-state index contributed by atoms with van der Waals surface area (Å²) in [5.41, 5.74) is 6.95. The molecule has 1 unspecified atom stereocenters. The molecule has 1 aliphatic heterocycles. The highest BCUT2D eigenvalue weighted by Crippen LogP contribution is 2.38. The molecule has 2 aromatic carbocycles. The molecule has 1 heterocycles. The largest absolute Gasteiger partial charge is 0.355 e. The minimum Gasteiger partial charge on any atom is -0.355 e. The zero-order valence-electron chi connectivity index (χ0n) is 16.6. The van der Waals surface area contributed by atoms with Crippen molar-refractivity contribution in [2.75, 3.05) is 12.4 Å². The van der Waals surface area contributed by atoms with Gasteiger partial charge in [-0.25, -0.2) is 4.79 Å². The van der Waals surface area contributed by atoms with Crippen LogP contribution in [0.25, 0.3) is 0 Å². The second-order valence-corrected chi connectivity index (χ2v) is 9.16. The van der Waals surface area contributed by atoms with E-state index in [2.05, 4.69) is 25.8 Å². The first-order valence-electron chi connectivity index (χ1n) is 10.2. The van der Waals surface area contributed by atoms with E-state index in [0.29, 0.717) is 16.0 Å². The lowest BCUT2D eigenvalue weighted by atomic mass is 9.99. The van der Waals surface area contributed by atoms with Crippen molar-refractivity contribution in [1.29, 1.82) is 0 Å². The van der Waals surface area contributed by atoms with Crippen molar-refractivity contribution in [2.24, 2.45) is 4.36 Å². The van der Waals surface area contributed by atoms with Crippen LogP contribution in [0, 0.1) is 0 Å². The molecule has 30 heavy (non-hydrogen) atoms. The number of urea groups is 1. The molecule has 5 rings (SSSR count). The van der Waals surface area contributed by atoms with Gasteiger partial charge in [0, 0.05) is 29.2 Å². The maximum absolute atomic E-state index is 12.9. The van der Waals surface area contributed by atoms with E-state index in [4.69, 9.17) is 0 Å². The Labute approximate surface area is 176 Å². The number of carbonyl (C=O) groups is 3. The molecule has 0 saturated heterocycles. The zero-order valence-corrected chi connectivity index (χ0v) is 17.4. The van der Waals surface area contributed by atoms with E-state index in [0.717, 1.165) is 44.2 Å². The summed E-state index contributed by atoms with van der Waals surface area (Å²) in [6, 6.07) is 6.68. The lowest BCUT2D eigenvalue weighted by molar-refractivity contribution is 0.0958. The molecule has 4 amide bonds. The third-order valence-electron chi connectivity index (χ3n) is 5.99. The summed E-state index contributed by atoms with van der Waals surface area (Å²) in [6.45, 7) is 0. The summed E-state index contributed by atoms with van der Waals surface area (Å²) in [7, 11) is 0.421. The number of amides is 4. The van der Waals surface area contributed by atoms with Gasteiger partial charge in [0.25, 0.3) is 11.8 Å². The van der Waals surface area contributed by atoms with Gasteiger partial charge in [0.1, 0.15) is 0 Å². The number of anilines is 1. The van der Waals surface area contributed by atoms with E-state index in [-0.39, 0.29) is 11.8 Å². The number of benzene rings is 2. The number of hydrogen-bond acceptors (Lipinski definition) is 3. The topological polar surface area (TPSA) is 99.7 Å². The number of fused-ring (bicyclic) bond motifs is 3. The first kappa shape index (κ1) is 19.0. The molecule has 0 spiro atoms. The predicted molar refractivity (Wildman–Crippen MR) is 115 cm³/mol. The van der Waals surface area contributed by atoms with Crippen molar-refractivity contribution >= 4 is 34.4 Å². The van der Waals surface area contributed by atoms with E-state index in [9.17, 15) is 14.4 Å². The molecule has 154 valence electrons. The molecule has 8 heteroatoms. The number of carbonyl (C=O) groups excluding carboxylic acids is 3. The molecule has 0 fully saturated rings. The van der Waals surface area contributed by atoms with E-state index in [1.54, 1.807) is 25.2 Å². The molecule has 3 aliphatic rings. The summed E-state index contributed by atoms with van der Waals surface area (Å²) in [5.74, 6) is -0.532. The lowest BCUT2D eigenvalue weighted by Gasteiger charge is -2.15. The third-order valence-corrected chi connectivity index (χ3v) is 7.47. The quantitative estimate of drug-likeness (QED) is 0.693. The third kappa shape index (κ3) is 3.11. The minimum absolute atomic E-state index is 0.249. The molecule has 7 nitrogen and oxygen atoms in total. The van der Waals surface area contributed by atoms with E-state index in [1.807, 2.05) is 0 Å². The van der Waals surface area contributed by atoms with Gasteiger partial charge in [0.2, 0.25) is 0 Å². The molecule has 0 radical (unpaired) electrons. The summed E-state index contributed by atoms with van der Waals surface area (Å²) >= 11 is 0. The normalized spacial score (nSPS) is 18.6. The van der Waals surface area contributed by atoms with Crippen LogP contribution in [-0.4, -0.2) is 24.9 Å². The Morgan fingerprint density at radius 1 is 1.03 bits per heavy atom. The monoisotopic (exact) mass is 422 g/mol. The van der Waals surface area contributed by atoms with Gasteiger partial charge in [-0.3, -0.25) is 14.3 Å². The van der Waals surface area contributed by atoms with Crippen LogP contribution in [0.5, 0.6) is 0 Å². The molecular formula is C22H22N4O3S. The van der Waals surface area contributed by atoms with Crippen molar-refractivity contribution in [3.8, 4) is 0 Å². The number of rotatable bonds is 2. The van der Waals surface area contributed by atoms with Crippen LogP contribution < -0.4 is 15.4 Å². The highest BCUT2D eigenvalue weighted by molar-refractivity contribution is 7.87. The van der Waals surface area contributed by atoms with Gasteiger partial charge in [-0.15, -0.1) is 4.36 Å². The summed E-state index contributed by atoms with van der Waals surface area (Å²) in [5, 5.41) is 5.60. The molecule has 0 aromatic heterocycles. The van der Waals surface area contributed by atoms with Crippen LogP contribution in [0.3, 0.4) is 0 Å². The average Bonchev–Trinajstić information content (AvgIpc) is 3.46. The van der Waals surface area contributed by atoms with Gasteiger partial charge < -0.3 is 10.6 Å². The minimum atomic E-state index is -1.13. The van der Waals surface area contributed by atoms with Gasteiger partial charge >= 0.3 is 6.03 Å². The predicted octanol–water partition coefficient (Wildman–Crippen LogP) is 3.07. The molecule has 2 aliphatic carbocycles. The Kier molecular flexibility index (Phi) is 4.66. The standard InChI is InChI=1S/C22H22N4O3S/c1-23-20(27)14-8-9-17-18(11-14)30(25-21(17)28)26-22(29)24-19-15-6-2-4-12(15)10-13-5-3-7-16(13)19/h8-11H,2-7H2,1H3,(H,23,27)(H2,24,25,26,28,29). The van der Waals surface area contributed by atoms with Crippen molar-refractivity contribution in [1.82, 2.24) is 10.0 Å². The average molecular weight is 423 g/mol. The second kappa shape index (κ2) is 7.36. The lowest BCUT2D eigenvalue weighted by Crippen LogP contribution is -2.19. The molecule has 0 bridgehead atoms. The molecule has 1 atom stereocenters. The van der Waals surface area contributed by atoms with Crippen LogP contribution in [0.1, 0.15) is 55.8 Å². The Morgan fingerprint density at radius 3 is 2.40 bits per heavy atom. The number of nitrogens with one attached hydrogen (secondary N) is 3. The maximum Gasteiger partial charge on any atom is 0.353 e. The number of nitrogens with zero attached hydrogens (tertiary/aromatic N) is 1. The van der Waals surface area contributed by atoms with Gasteiger partial charge in [0.05, 0.1) is 10.5 Å². The number of hydrogen-bond donors (Lipinski definition) is 3. The van der Waals surface area contributed by atoms with Gasteiger partial charge in [0.15, 0.2) is 0 Å². The van der Waals surface area contributed by atoms with Crippen LogP contribution in [0.4, 0.5) is 10.5 Å². The Hall–Kier alpha value is -3.00. The van der Waals surface area contributed by atoms with Crippen LogP contribution in [0.2, 0.25) is 0 Å². The zero-order chi connectivity index (χ0) is 20.8. The molecule has 2 aromatic rings. The molecular weight excluding hydrogens is 400 g/mol. The first-order chi connectivity index (χ1) is 14.5.